The van der Waals surface area contributed by atoms with Gasteiger partial charge in [-0.05, 0) is 43.9 Å². The summed E-state index contributed by atoms with van der Waals surface area (Å²) in [5, 5.41) is 9.26. The van der Waals surface area contributed by atoms with Crippen LogP contribution in [-0.2, 0) is 0 Å². The zero-order valence-electron chi connectivity index (χ0n) is 10.6. The topological polar surface area (TPSA) is 20.2 Å². The van der Waals surface area contributed by atoms with E-state index in [4.69, 9.17) is 0 Å². The Hall–Kier alpha value is -0.0400. The second-order valence-corrected chi connectivity index (χ2v) is 5.28. The van der Waals surface area contributed by atoms with Gasteiger partial charge in [0.2, 0.25) is 0 Å². The molecule has 0 rings (SSSR count). The Labute approximate surface area is 89.9 Å². The third-order valence-corrected chi connectivity index (χ3v) is 3.05. The van der Waals surface area contributed by atoms with Crippen molar-refractivity contribution in [2.75, 3.05) is 0 Å². The molecule has 86 valence electrons. The van der Waals surface area contributed by atoms with Crippen LogP contribution < -0.4 is 0 Å². The molecule has 0 aliphatic rings. The molecule has 1 heteroatoms. The molecule has 0 unspecified atom stereocenters. The number of hydrogen-bond donors (Lipinski definition) is 1. The van der Waals surface area contributed by atoms with Gasteiger partial charge in [-0.25, -0.2) is 0 Å². The molecule has 0 aliphatic carbocycles. The van der Waals surface area contributed by atoms with E-state index in [0.717, 1.165) is 18.3 Å². The molecule has 0 saturated carbocycles. The Bertz CT molecular complexity index is 131. The largest absolute Gasteiger partial charge is 0.393 e. The standard InChI is InChI=1S/C13H28O/c1-6-10(2)7-11(3)8-12(4)9-13(5)14/h10-14H,6-9H2,1-5H3/t10-,11-,12-,13-/m1/s1. The normalized spacial score (nSPS) is 20.1. The summed E-state index contributed by atoms with van der Waals surface area (Å²) in [4.78, 5) is 0. The molecular formula is C13H28O. The summed E-state index contributed by atoms with van der Waals surface area (Å²) in [5.41, 5.74) is 0. The molecule has 0 heterocycles. The van der Waals surface area contributed by atoms with Crippen LogP contribution >= 0.6 is 0 Å². The number of aliphatic hydroxyl groups excluding tert-OH is 1. The van der Waals surface area contributed by atoms with E-state index >= 15 is 0 Å². The molecule has 0 spiro atoms. The van der Waals surface area contributed by atoms with Crippen LogP contribution in [0.1, 0.15) is 60.3 Å². The highest BCUT2D eigenvalue weighted by atomic mass is 16.3. The second-order valence-electron chi connectivity index (χ2n) is 5.28. The van der Waals surface area contributed by atoms with E-state index in [1.54, 1.807) is 0 Å². The molecular weight excluding hydrogens is 172 g/mol. The molecule has 1 N–H and O–H groups in total. The van der Waals surface area contributed by atoms with Crippen molar-refractivity contribution in [1.29, 1.82) is 0 Å². The van der Waals surface area contributed by atoms with Crippen LogP contribution in [0.2, 0.25) is 0 Å². The van der Waals surface area contributed by atoms with Crippen LogP contribution in [0.25, 0.3) is 0 Å². The molecule has 0 fully saturated rings. The maximum Gasteiger partial charge on any atom is 0.0514 e. The maximum atomic E-state index is 9.26. The first-order valence-electron chi connectivity index (χ1n) is 6.13. The Kier molecular flexibility index (Phi) is 7.26. The summed E-state index contributed by atoms with van der Waals surface area (Å²) in [7, 11) is 0. The molecule has 0 aromatic rings. The van der Waals surface area contributed by atoms with Crippen LogP contribution in [-0.4, -0.2) is 11.2 Å². The van der Waals surface area contributed by atoms with E-state index in [0.29, 0.717) is 5.92 Å². The van der Waals surface area contributed by atoms with E-state index in [1.165, 1.54) is 19.3 Å². The van der Waals surface area contributed by atoms with Gasteiger partial charge in [0.25, 0.3) is 0 Å². The van der Waals surface area contributed by atoms with E-state index in [-0.39, 0.29) is 6.10 Å². The van der Waals surface area contributed by atoms with Crippen molar-refractivity contribution in [2.24, 2.45) is 17.8 Å². The van der Waals surface area contributed by atoms with Gasteiger partial charge in [-0.1, -0.05) is 34.1 Å². The van der Waals surface area contributed by atoms with E-state index in [1.807, 2.05) is 6.92 Å². The fourth-order valence-electron chi connectivity index (χ4n) is 2.32. The van der Waals surface area contributed by atoms with E-state index in [2.05, 4.69) is 27.7 Å². The van der Waals surface area contributed by atoms with Crippen molar-refractivity contribution in [3.05, 3.63) is 0 Å². The predicted octanol–water partition coefficient (Wildman–Crippen LogP) is 3.86. The predicted molar refractivity (Wildman–Crippen MR) is 63.3 cm³/mol. The van der Waals surface area contributed by atoms with Crippen LogP contribution in [0.5, 0.6) is 0 Å². The molecule has 14 heavy (non-hydrogen) atoms. The lowest BCUT2D eigenvalue weighted by Gasteiger charge is -2.20. The van der Waals surface area contributed by atoms with Crippen LogP contribution in [0.4, 0.5) is 0 Å². The van der Waals surface area contributed by atoms with Crippen molar-refractivity contribution in [1.82, 2.24) is 0 Å². The second kappa shape index (κ2) is 7.28. The third-order valence-electron chi connectivity index (χ3n) is 3.05. The Morgan fingerprint density at radius 3 is 1.64 bits per heavy atom. The lowest BCUT2D eigenvalue weighted by atomic mass is 9.87. The van der Waals surface area contributed by atoms with Gasteiger partial charge in [-0.2, -0.15) is 0 Å². The molecule has 0 aromatic carbocycles. The summed E-state index contributed by atoms with van der Waals surface area (Å²) < 4.78 is 0. The van der Waals surface area contributed by atoms with Gasteiger partial charge in [-0.15, -0.1) is 0 Å². The van der Waals surface area contributed by atoms with Gasteiger partial charge in [0.15, 0.2) is 0 Å². The molecule has 0 amide bonds. The van der Waals surface area contributed by atoms with E-state index < -0.39 is 0 Å². The van der Waals surface area contributed by atoms with Gasteiger partial charge >= 0.3 is 0 Å². The van der Waals surface area contributed by atoms with Gasteiger partial charge in [0, 0.05) is 0 Å². The molecule has 0 saturated heterocycles. The van der Waals surface area contributed by atoms with Gasteiger partial charge in [0.05, 0.1) is 6.10 Å². The zero-order chi connectivity index (χ0) is 11.1. The number of hydrogen-bond acceptors (Lipinski definition) is 1. The summed E-state index contributed by atoms with van der Waals surface area (Å²) >= 11 is 0. The summed E-state index contributed by atoms with van der Waals surface area (Å²) in [6.07, 6.45) is 4.69. The highest BCUT2D eigenvalue weighted by Gasteiger charge is 2.12. The molecule has 1 nitrogen and oxygen atoms in total. The first-order chi connectivity index (χ1) is 6.45. The first kappa shape index (κ1) is 14.0. The lowest BCUT2D eigenvalue weighted by molar-refractivity contribution is 0.155. The van der Waals surface area contributed by atoms with Crippen LogP contribution in [0.3, 0.4) is 0 Å². The number of aliphatic hydroxyl groups is 1. The number of rotatable bonds is 7. The highest BCUT2D eigenvalue weighted by Crippen LogP contribution is 2.23. The van der Waals surface area contributed by atoms with Crippen molar-refractivity contribution in [2.45, 2.75) is 66.4 Å². The SMILES string of the molecule is CC[C@@H](C)C[C@@H](C)C[C@@H](C)C[C@@H](C)O. The first-order valence-corrected chi connectivity index (χ1v) is 6.13. The minimum atomic E-state index is -0.138. The molecule has 4 atom stereocenters. The Balaban J connectivity index is 3.65. The van der Waals surface area contributed by atoms with Crippen molar-refractivity contribution in [3.63, 3.8) is 0 Å². The fraction of sp³-hybridized carbons (Fsp3) is 1.00. The molecule has 0 radical (unpaired) electrons. The third kappa shape index (κ3) is 7.37. The average molecular weight is 200 g/mol. The lowest BCUT2D eigenvalue weighted by Crippen LogP contribution is -2.12. The maximum absolute atomic E-state index is 9.26. The van der Waals surface area contributed by atoms with Crippen LogP contribution in [0.15, 0.2) is 0 Å². The quantitative estimate of drug-likeness (QED) is 0.661. The summed E-state index contributed by atoms with van der Waals surface area (Å²) in [6, 6.07) is 0. The Morgan fingerprint density at radius 1 is 0.786 bits per heavy atom. The minimum absolute atomic E-state index is 0.138. The van der Waals surface area contributed by atoms with Gasteiger partial charge in [-0.3, -0.25) is 0 Å². The van der Waals surface area contributed by atoms with Crippen molar-refractivity contribution < 1.29 is 5.11 Å². The van der Waals surface area contributed by atoms with Gasteiger partial charge in [0.1, 0.15) is 0 Å². The summed E-state index contributed by atoms with van der Waals surface area (Å²) in [5.74, 6) is 2.32. The smallest absolute Gasteiger partial charge is 0.0514 e. The highest BCUT2D eigenvalue weighted by molar-refractivity contribution is 4.64. The van der Waals surface area contributed by atoms with Crippen molar-refractivity contribution >= 4 is 0 Å². The van der Waals surface area contributed by atoms with Gasteiger partial charge < -0.3 is 5.11 Å². The van der Waals surface area contributed by atoms with Crippen LogP contribution in [0, 0.1) is 17.8 Å². The average Bonchev–Trinajstić information content (AvgIpc) is 2.01. The van der Waals surface area contributed by atoms with E-state index in [9.17, 15) is 5.11 Å². The molecule has 0 bridgehead atoms. The van der Waals surface area contributed by atoms with Crippen molar-refractivity contribution in [3.8, 4) is 0 Å². The zero-order valence-corrected chi connectivity index (χ0v) is 10.6. The summed E-state index contributed by atoms with van der Waals surface area (Å²) in [6.45, 7) is 11.1. The molecule has 0 aliphatic heterocycles. The minimum Gasteiger partial charge on any atom is -0.393 e. The fourth-order valence-corrected chi connectivity index (χ4v) is 2.32. The molecule has 0 aromatic heterocycles. The monoisotopic (exact) mass is 200 g/mol. The Morgan fingerprint density at radius 2 is 1.21 bits per heavy atom.